The van der Waals surface area contributed by atoms with Gasteiger partial charge in [0.2, 0.25) is 0 Å². The molecule has 2 aliphatic carbocycles. The Morgan fingerprint density at radius 1 is 1.35 bits per heavy atom. The number of carbonyl (C=O) groups is 1. The van der Waals surface area contributed by atoms with Gasteiger partial charge in [-0.2, -0.15) is 0 Å². The lowest BCUT2D eigenvalue weighted by Gasteiger charge is -2.22. The van der Waals surface area contributed by atoms with Crippen LogP contribution in [0.25, 0.3) is 0 Å². The molecule has 4 nitrogen and oxygen atoms in total. The van der Waals surface area contributed by atoms with E-state index in [1.54, 1.807) is 12.1 Å². The zero-order chi connectivity index (χ0) is 14.1. The standard InChI is InChI=1S/C16H20O4/c1-19-13-4-5-15(14(8-13)16(17)18)20-9-12-7-10-2-3-11(12)6-10/h4-5,8,10-12H,2-3,6-7,9H2,1H3,(H,17,18). The van der Waals surface area contributed by atoms with Crippen molar-refractivity contribution in [2.45, 2.75) is 25.7 Å². The maximum atomic E-state index is 11.3. The van der Waals surface area contributed by atoms with Gasteiger partial charge in [-0.3, -0.25) is 0 Å². The minimum Gasteiger partial charge on any atom is -0.497 e. The fourth-order valence-corrected chi connectivity index (χ4v) is 3.71. The lowest BCUT2D eigenvalue weighted by atomic mass is 9.89. The van der Waals surface area contributed by atoms with Crippen LogP contribution >= 0.6 is 0 Å². The average Bonchev–Trinajstić information content (AvgIpc) is 3.07. The zero-order valence-electron chi connectivity index (χ0n) is 11.7. The number of carboxylic acids is 1. The van der Waals surface area contributed by atoms with E-state index >= 15 is 0 Å². The van der Waals surface area contributed by atoms with Crippen molar-refractivity contribution in [2.24, 2.45) is 17.8 Å². The normalized spacial score (nSPS) is 27.6. The second kappa shape index (κ2) is 5.35. The minimum atomic E-state index is -0.980. The summed E-state index contributed by atoms with van der Waals surface area (Å²) in [6, 6.07) is 4.94. The third kappa shape index (κ3) is 2.47. The molecule has 2 fully saturated rings. The van der Waals surface area contributed by atoms with Crippen molar-refractivity contribution >= 4 is 5.97 Å². The molecule has 2 bridgehead atoms. The molecule has 0 saturated heterocycles. The van der Waals surface area contributed by atoms with Crippen molar-refractivity contribution in [3.05, 3.63) is 23.8 Å². The van der Waals surface area contributed by atoms with Crippen LogP contribution in [0.15, 0.2) is 18.2 Å². The van der Waals surface area contributed by atoms with E-state index in [1.807, 2.05) is 0 Å². The molecule has 4 heteroatoms. The maximum Gasteiger partial charge on any atom is 0.339 e. The molecule has 3 unspecified atom stereocenters. The first-order valence-electron chi connectivity index (χ1n) is 7.21. The van der Waals surface area contributed by atoms with E-state index in [0.717, 1.165) is 11.8 Å². The molecule has 1 aromatic rings. The monoisotopic (exact) mass is 276 g/mol. The van der Waals surface area contributed by atoms with Crippen LogP contribution in [0, 0.1) is 17.8 Å². The van der Waals surface area contributed by atoms with Gasteiger partial charge < -0.3 is 14.6 Å². The summed E-state index contributed by atoms with van der Waals surface area (Å²) in [4.78, 5) is 11.3. The summed E-state index contributed by atoms with van der Waals surface area (Å²) in [5.41, 5.74) is 0.174. The number of carboxylic acid groups (broad SMARTS) is 1. The third-order valence-electron chi connectivity index (χ3n) is 4.75. The van der Waals surface area contributed by atoms with Gasteiger partial charge in [0, 0.05) is 0 Å². The predicted octanol–water partition coefficient (Wildman–Crippen LogP) is 3.21. The predicted molar refractivity (Wildman–Crippen MR) is 74.4 cm³/mol. The molecular weight excluding hydrogens is 256 g/mol. The number of rotatable bonds is 5. The molecule has 108 valence electrons. The zero-order valence-corrected chi connectivity index (χ0v) is 11.7. The summed E-state index contributed by atoms with van der Waals surface area (Å²) in [5.74, 6) is 2.26. The van der Waals surface area contributed by atoms with Gasteiger partial charge in [-0.05, 0) is 55.2 Å². The molecule has 0 radical (unpaired) electrons. The number of hydrogen-bond acceptors (Lipinski definition) is 3. The number of aromatic carboxylic acids is 1. The van der Waals surface area contributed by atoms with Gasteiger partial charge in [-0.25, -0.2) is 4.79 Å². The first-order valence-corrected chi connectivity index (χ1v) is 7.21. The Labute approximate surface area is 118 Å². The number of methoxy groups -OCH3 is 1. The van der Waals surface area contributed by atoms with E-state index < -0.39 is 5.97 Å². The molecule has 2 saturated carbocycles. The van der Waals surface area contributed by atoms with Crippen LogP contribution in [0.4, 0.5) is 0 Å². The van der Waals surface area contributed by atoms with Crippen LogP contribution < -0.4 is 9.47 Å². The lowest BCUT2D eigenvalue weighted by molar-refractivity contribution is 0.0690. The van der Waals surface area contributed by atoms with Crippen molar-refractivity contribution < 1.29 is 19.4 Å². The molecule has 0 aliphatic heterocycles. The van der Waals surface area contributed by atoms with Crippen LogP contribution in [0.3, 0.4) is 0 Å². The number of hydrogen-bond donors (Lipinski definition) is 1. The number of benzene rings is 1. The summed E-state index contributed by atoms with van der Waals surface area (Å²) in [6.45, 7) is 0.633. The number of fused-ring (bicyclic) bond motifs is 2. The van der Waals surface area contributed by atoms with Crippen LogP contribution in [0.1, 0.15) is 36.0 Å². The first kappa shape index (κ1) is 13.3. The topological polar surface area (TPSA) is 55.8 Å². The first-order chi connectivity index (χ1) is 9.67. The van der Waals surface area contributed by atoms with Crippen LogP contribution in [-0.4, -0.2) is 24.8 Å². The van der Waals surface area contributed by atoms with Crippen molar-refractivity contribution in [2.75, 3.05) is 13.7 Å². The largest absolute Gasteiger partial charge is 0.497 e. The summed E-state index contributed by atoms with van der Waals surface area (Å²) < 4.78 is 10.9. The van der Waals surface area contributed by atoms with Gasteiger partial charge in [0.05, 0.1) is 13.7 Å². The maximum absolute atomic E-state index is 11.3. The van der Waals surface area contributed by atoms with Gasteiger partial charge in [-0.15, -0.1) is 0 Å². The molecule has 3 atom stereocenters. The van der Waals surface area contributed by atoms with Gasteiger partial charge in [0.15, 0.2) is 0 Å². The van der Waals surface area contributed by atoms with Crippen LogP contribution in [0.5, 0.6) is 11.5 Å². The fourth-order valence-electron chi connectivity index (χ4n) is 3.71. The van der Waals surface area contributed by atoms with Crippen molar-refractivity contribution in [3.8, 4) is 11.5 Å². The molecule has 3 rings (SSSR count). The molecular formula is C16H20O4. The second-order valence-electron chi connectivity index (χ2n) is 5.91. The highest BCUT2D eigenvalue weighted by atomic mass is 16.5. The average molecular weight is 276 g/mol. The molecule has 1 N–H and O–H groups in total. The highest BCUT2D eigenvalue weighted by Gasteiger charge is 2.39. The Morgan fingerprint density at radius 3 is 2.80 bits per heavy atom. The molecule has 0 heterocycles. The highest BCUT2D eigenvalue weighted by molar-refractivity contribution is 5.91. The van der Waals surface area contributed by atoms with Crippen LogP contribution in [0.2, 0.25) is 0 Å². The van der Waals surface area contributed by atoms with Crippen molar-refractivity contribution in [1.82, 2.24) is 0 Å². The lowest BCUT2D eigenvalue weighted by Crippen LogP contribution is -2.19. The molecule has 0 spiro atoms. The Morgan fingerprint density at radius 2 is 2.20 bits per heavy atom. The quantitative estimate of drug-likeness (QED) is 0.897. The Balaban J connectivity index is 1.69. The fraction of sp³-hybridized carbons (Fsp3) is 0.562. The summed E-state index contributed by atoms with van der Waals surface area (Å²) in [7, 11) is 1.52. The molecule has 0 amide bonds. The Bertz CT molecular complexity index is 511. The van der Waals surface area contributed by atoms with E-state index in [2.05, 4.69) is 0 Å². The molecule has 20 heavy (non-hydrogen) atoms. The van der Waals surface area contributed by atoms with Crippen LogP contribution in [-0.2, 0) is 0 Å². The SMILES string of the molecule is COc1ccc(OCC2CC3CCC2C3)c(C(=O)O)c1. The Kier molecular flexibility index (Phi) is 3.55. The second-order valence-corrected chi connectivity index (χ2v) is 5.91. The summed E-state index contributed by atoms with van der Waals surface area (Å²) in [6.07, 6.45) is 5.25. The summed E-state index contributed by atoms with van der Waals surface area (Å²) >= 11 is 0. The Hall–Kier alpha value is -1.71. The van der Waals surface area contributed by atoms with Gasteiger partial charge in [-0.1, -0.05) is 6.42 Å². The van der Waals surface area contributed by atoms with E-state index in [-0.39, 0.29) is 5.56 Å². The molecule has 2 aliphatic rings. The van der Waals surface area contributed by atoms with Gasteiger partial charge >= 0.3 is 5.97 Å². The molecule has 1 aromatic carbocycles. The van der Waals surface area contributed by atoms with E-state index in [1.165, 1.54) is 38.9 Å². The van der Waals surface area contributed by atoms with Crippen molar-refractivity contribution in [1.29, 1.82) is 0 Å². The third-order valence-corrected chi connectivity index (χ3v) is 4.75. The van der Waals surface area contributed by atoms with Gasteiger partial charge in [0.25, 0.3) is 0 Å². The molecule has 0 aromatic heterocycles. The smallest absolute Gasteiger partial charge is 0.339 e. The van der Waals surface area contributed by atoms with E-state index in [9.17, 15) is 9.90 Å². The van der Waals surface area contributed by atoms with E-state index in [0.29, 0.717) is 24.0 Å². The summed E-state index contributed by atoms with van der Waals surface area (Å²) in [5, 5.41) is 9.25. The number of ether oxygens (including phenoxy) is 2. The van der Waals surface area contributed by atoms with E-state index in [4.69, 9.17) is 9.47 Å². The minimum absolute atomic E-state index is 0.174. The highest BCUT2D eigenvalue weighted by Crippen LogP contribution is 2.48. The van der Waals surface area contributed by atoms with Crippen molar-refractivity contribution in [3.63, 3.8) is 0 Å². The van der Waals surface area contributed by atoms with Gasteiger partial charge in [0.1, 0.15) is 17.1 Å².